The van der Waals surface area contributed by atoms with E-state index in [0.717, 1.165) is 0 Å². The molecule has 0 saturated carbocycles. The molecule has 0 aliphatic heterocycles. The summed E-state index contributed by atoms with van der Waals surface area (Å²) in [4.78, 5) is 11.6. The minimum atomic E-state index is -5.62. The van der Waals surface area contributed by atoms with Crippen molar-refractivity contribution in [3.05, 3.63) is 11.8 Å². The third kappa shape index (κ3) is 5.86. The Bertz CT molecular complexity index is 543. The smallest absolute Gasteiger partial charge is 0.460 e. The molecule has 0 N–H and O–H groups in total. The summed E-state index contributed by atoms with van der Waals surface area (Å²) in [6.07, 6.45) is 2.07. The second-order valence-corrected chi connectivity index (χ2v) is 7.62. The first kappa shape index (κ1) is 18.8. The number of carbonyl (C=O) groups is 1. The fraction of sp³-hybridized carbons (Fsp3) is 0.769. The molecule has 1 aliphatic rings. The molecule has 0 fully saturated rings. The standard InChI is InChI=1S/C13H19F3O5S/c1-12(2,3)20-11(17)8-9-4-6-10(7-5-9)21-22(18,19)13(14,15)16/h6,9H,4-5,7-8H2,1-3H3. The van der Waals surface area contributed by atoms with Crippen LogP contribution in [-0.2, 0) is 23.8 Å². The summed E-state index contributed by atoms with van der Waals surface area (Å²) in [5.41, 5.74) is -6.04. The lowest BCUT2D eigenvalue weighted by Gasteiger charge is -2.24. The van der Waals surface area contributed by atoms with E-state index in [9.17, 15) is 26.4 Å². The Morgan fingerprint density at radius 1 is 1.32 bits per heavy atom. The maximum absolute atomic E-state index is 12.2. The van der Waals surface area contributed by atoms with Crippen molar-refractivity contribution >= 4 is 16.1 Å². The normalized spacial score (nSPS) is 20.3. The van der Waals surface area contributed by atoms with Crippen molar-refractivity contribution in [3.63, 3.8) is 0 Å². The lowest BCUT2D eigenvalue weighted by molar-refractivity contribution is -0.156. The van der Waals surface area contributed by atoms with Crippen LogP contribution >= 0.6 is 0 Å². The largest absolute Gasteiger partial charge is 0.534 e. The van der Waals surface area contributed by atoms with Gasteiger partial charge in [0.1, 0.15) is 11.4 Å². The van der Waals surface area contributed by atoms with Crippen LogP contribution in [0.1, 0.15) is 46.5 Å². The molecule has 0 spiro atoms. The molecule has 0 radical (unpaired) electrons. The third-order valence-corrected chi connectivity index (χ3v) is 3.85. The van der Waals surface area contributed by atoms with Crippen molar-refractivity contribution in [2.24, 2.45) is 5.92 Å². The zero-order valence-corrected chi connectivity index (χ0v) is 13.4. The Balaban J connectivity index is 2.55. The van der Waals surface area contributed by atoms with E-state index in [1.54, 1.807) is 20.8 Å². The van der Waals surface area contributed by atoms with Crippen LogP contribution in [0.5, 0.6) is 0 Å². The summed E-state index contributed by atoms with van der Waals surface area (Å²) in [5.74, 6) is -0.730. The molecule has 1 unspecified atom stereocenters. The number of rotatable bonds is 4. The van der Waals surface area contributed by atoms with Crippen LogP contribution in [0.2, 0.25) is 0 Å². The Morgan fingerprint density at radius 2 is 1.91 bits per heavy atom. The predicted octanol–water partition coefficient (Wildman–Crippen LogP) is 3.27. The minimum absolute atomic E-state index is 0.0305. The molecule has 1 rings (SSSR count). The molecule has 5 nitrogen and oxygen atoms in total. The quantitative estimate of drug-likeness (QED) is 0.445. The Morgan fingerprint density at radius 3 is 2.32 bits per heavy atom. The monoisotopic (exact) mass is 344 g/mol. The van der Waals surface area contributed by atoms with Gasteiger partial charge in [0.15, 0.2) is 0 Å². The van der Waals surface area contributed by atoms with Gasteiger partial charge < -0.3 is 8.92 Å². The predicted molar refractivity (Wildman–Crippen MR) is 71.9 cm³/mol. The number of hydrogen-bond donors (Lipinski definition) is 0. The lowest BCUT2D eigenvalue weighted by Crippen LogP contribution is -2.27. The highest BCUT2D eigenvalue weighted by atomic mass is 32.2. The zero-order chi connectivity index (χ0) is 17.2. The number of esters is 1. The van der Waals surface area contributed by atoms with E-state index in [4.69, 9.17) is 4.74 Å². The number of ether oxygens (including phenoxy) is 1. The minimum Gasteiger partial charge on any atom is -0.460 e. The number of alkyl halides is 3. The first-order valence-electron chi connectivity index (χ1n) is 6.72. The highest BCUT2D eigenvalue weighted by Gasteiger charge is 2.48. The first-order valence-corrected chi connectivity index (χ1v) is 8.12. The van der Waals surface area contributed by atoms with Gasteiger partial charge in [-0.05, 0) is 45.6 Å². The van der Waals surface area contributed by atoms with Gasteiger partial charge in [0.2, 0.25) is 0 Å². The Hall–Kier alpha value is -1.25. The molecule has 1 aliphatic carbocycles. The topological polar surface area (TPSA) is 69.7 Å². The molecule has 9 heteroatoms. The van der Waals surface area contributed by atoms with Crippen molar-refractivity contribution < 1.29 is 35.3 Å². The van der Waals surface area contributed by atoms with Crippen LogP contribution < -0.4 is 0 Å². The van der Waals surface area contributed by atoms with Crippen LogP contribution in [0.3, 0.4) is 0 Å². The van der Waals surface area contributed by atoms with Crippen molar-refractivity contribution in [1.29, 1.82) is 0 Å². The summed E-state index contributed by atoms with van der Waals surface area (Å²) in [6, 6.07) is 0. The van der Waals surface area contributed by atoms with Crippen LogP contribution in [0.15, 0.2) is 11.8 Å². The van der Waals surface area contributed by atoms with Gasteiger partial charge in [-0.1, -0.05) is 0 Å². The summed E-state index contributed by atoms with van der Waals surface area (Å²) in [6.45, 7) is 5.21. The summed E-state index contributed by atoms with van der Waals surface area (Å²) >= 11 is 0. The number of hydrogen-bond acceptors (Lipinski definition) is 5. The molecule has 128 valence electrons. The molecule has 0 aromatic heterocycles. The highest BCUT2D eigenvalue weighted by molar-refractivity contribution is 7.87. The van der Waals surface area contributed by atoms with E-state index in [1.807, 2.05) is 0 Å². The van der Waals surface area contributed by atoms with E-state index in [1.165, 1.54) is 6.08 Å². The van der Waals surface area contributed by atoms with E-state index in [0.29, 0.717) is 6.42 Å². The molecular weight excluding hydrogens is 325 g/mol. The molecule has 0 aromatic rings. The Kier molecular flexibility index (Phi) is 5.53. The third-order valence-electron chi connectivity index (χ3n) is 2.85. The molecule has 22 heavy (non-hydrogen) atoms. The van der Waals surface area contributed by atoms with E-state index in [2.05, 4.69) is 4.18 Å². The summed E-state index contributed by atoms with van der Waals surface area (Å²) < 4.78 is 67.6. The first-order chi connectivity index (χ1) is 9.80. The van der Waals surface area contributed by atoms with E-state index in [-0.39, 0.29) is 30.9 Å². The summed E-state index contributed by atoms with van der Waals surface area (Å²) in [5, 5.41) is 0. The molecule has 0 aromatic carbocycles. The van der Waals surface area contributed by atoms with Gasteiger partial charge in [0, 0.05) is 12.8 Å². The van der Waals surface area contributed by atoms with Gasteiger partial charge in [0.05, 0.1) is 0 Å². The molecule has 1 atom stereocenters. The van der Waals surface area contributed by atoms with Crippen molar-refractivity contribution in [3.8, 4) is 0 Å². The highest BCUT2D eigenvalue weighted by Crippen LogP contribution is 2.32. The summed E-state index contributed by atoms with van der Waals surface area (Å²) in [7, 11) is -5.62. The van der Waals surface area contributed by atoms with Crippen molar-refractivity contribution in [2.75, 3.05) is 0 Å². The van der Waals surface area contributed by atoms with Crippen LogP contribution in [0, 0.1) is 5.92 Å². The van der Waals surface area contributed by atoms with Gasteiger partial charge in [-0.2, -0.15) is 21.6 Å². The number of allylic oxidation sites excluding steroid dienone is 2. The lowest BCUT2D eigenvalue weighted by atomic mass is 9.90. The molecule has 0 heterocycles. The van der Waals surface area contributed by atoms with Crippen LogP contribution in [-0.4, -0.2) is 25.5 Å². The average Bonchev–Trinajstić information content (AvgIpc) is 2.27. The second kappa shape index (κ2) is 6.47. The van der Waals surface area contributed by atoms with Crippen LogP contribution in [0.4, 0.5) is 13.2 Å². The van der Waals surface area contributed by atoms with E-state index < -0.39 is 27.2 Å². The van der Waals surface area contributed by atoms with Crippen molar-refractivity contribution in [1.82, 2.24) is 0 Å². The number of carbonyl (C=O) groups excluding carboxylic acids is 1. The van der Waals surface area contributed by atoms with Gasteiger partial charge in [-0.15, -0.1) is 0 Å². The fourth-order valence-corrected chi connectivity index (χ4v) is 2.46. The van der Waals surface area contributed by atoms with Gasteiger partial charge in [-0.25, -0.2) is 0 Å². The van der Waals surface area contributed by atoms with Gasteiger partial charge >= 0.3 is 21.6 Å². The molecular formula is C13H19F3O5S. The molecule has 0 amide bonds. The molecule has 0 bridgehead atoms. The van der Waals surface area contributed by atoms with E-state index >= 15 is 0 Å². The fourth-order valence-electron chi connectivity index (χ4n) is 1.93. The van der Waals surface area contributed by atoms with Gasteiger partial charge in [-0.3, -0.25) is 4.79 Å². The zero-order valence-electron chi connectivity index (χ0n) is 12.6. The van der Waals surface area contributed by atoms with Gasteiger partial charge in [0.25, 0.3) is 0 Å². The SMILES string of the molecule is CC(C)(C)OC(=O)CC1CC=C(OS(=O)(=O)C(F)(F)F)CC1. The second-order valence-electron chi connectivity index (χ2n) is 6.08. The van der Waals surface area contributed by atoms with Crippen LogP contribution in [0.25, 0.3) is 0 Å². The number of halogens is 3. The Labute approximate surface area is 127 Å². The molecule has 0 saturated heterocycles. The van der Waals surface area contributed by atoms with Crippen molar-refractivity contribution in [2.45, 2.75) is 57.6 Å². The maximum atomic E-state index is 12.2. The average molecular weight is 344 g/mol. The maximum Gasteiger partial charge on any atom is 0.534 e.